The SMILES string of the molecule is Cc1cc(OCC(=O)Nc2ccc3oc(-c4ccccc4C)nc3c2)ccc1Cl. The molecule has 0 aliphatic heterocycles. The molecule has 0 saturated heterocycles. The van der Waals surface area contributed by atoms with Crippen LogP contribution in [0.5, 0.6) is 5.75 Å². The summed E-state index contributed by atoms with van der Waals surface area (Å²) in [5.41, 5.74) is 4.89. The number of fused-ring (bicyclic) bond motifs is 1. The minimum absolute atomic E-state index is 0.105. The Morgan fingerprint density at radius 3 is 2.69 bits per heavy atom. The largest absolute Gasteiger partial charge is 0.484 e. The maximum absolute atomic E-state index is 12.2. The molecule has 0 fully saturated rings. The van der Waals surface area contributed by atoms with Gasteiger partial charge in [-0.25, -0.2) is 4.98 Å². The number of anilines is 1. The molecule has 1 heterocycles. The summed E-state index contributed by atoms with van der Waals surface area (Å²) in [7, 11) is 0. The molecule has 0 radical (unpaired) electrons. The minimum atomic E-state index is -0.264. The van der Waals surface area contributed by atoms with E-state index in [9.17, 15) is 4.79 Å². The summed E-state index contributed by atoms with van der Waals surface area (Å²) in [4.78, 5) is 16.8. The number of benzene rings is 3. The van der Waals surface area contributed by atoms with Crippen molar-refractivity contribution in [3.05, 3.63) is 76.8 Å². The van der Waals surface area contributed by atoms with Crippen LogP contribution in [0.4, 0.5) is 5.69 Å². The molecule has 0 unspecified atom stereocenters. The lowest BCUT2D eigenvalue weighted by Gasteiger charge is -2.08. The van der Waals surface area contributed by atoms with E-state index in [1.165, 1.54) is 0 Å². The van der Waals surface area contributed by atoms with Crippen LogP contribution in [0.15, 0.2) is 65.1 Å². The molecule has 0 bridgehead atoms. The summed E-state index contributed by atoms with van der Waals surface area (Å²) >= 11 is 6.00. The number of aryl methyl sites for hydroxylation is 2. The summed E-state index contributed by atoms with van der Waals surface area (Å²) < 4.78 is 11.4. The number of hydrogen-bond donors (Lipinski definition) is 1. The van der Waals surface area contributed by atoms with E-state index in [-0.39, 0.29) is 12.5 Å². The van der Waals surface area contributed by atoms with Crippen LogP contribution >= 0.6 is 11.6 Å². The van der Waals surface area contributed by atoms with Gasteiger partial charge in [-0.05, 0) is 67.4 Å². The Hall–Kier alpha value is -3.31. The van der Waals surface area contributed by atoms with Crippen LogP contribution in [0.2, 0.25) is 5.02 Å². The molecule has 0 aliphatic rings. The molecule has 6 heteroatoms. The molecular weight excluding hydrogens is 388 g/mol. The van der Waals surface area contributed by atoms with Gasteiger partial charge in [-0.2, -0.15) is 0 Å². The number of halogens is 1. The summed E-state index contributed by atoms with van der Waals surface area (Å²) in [5, 5.41) is 3.48. The average molecular weight is 407 g/mol. The second kappa shape index (κ2) is 7.97. The third-order valence-electron chi connectivity index (χ3n) is 4.55. The molecule has 1 N–H and O–H groups in total. The molecule has 0 saturated carbocycles. The van der Waals surface area contributed by atoms with Gasteiger partial charge in [0.15, 0.2) is 12.2 Å². The van der Waals surface area contributed by atoms with Crippen molar-refractivity contribution in [3.8, 4) is 17.2 Å². The molecular formula is C23H19ClN2O3. The van der Waals surface area contributed by atoms with Gasteiger partial charge in [0, 0.05) is 16.3 Å². The number of rotatable bonds is 5. The summed E-state index contributed by atoms with van der Waals surface area (Å²) in [6, 6.07) is 18.5. The Morgan fingerprint density at radius 1 is 1.07 bits per heavy atom. The van der Waals surface area contributed by atoms with Crippen LogP contribution in [0.3, 0.4) is 0 Å². The van der Waals surface area contributed by atoms with E-state index in [1.54, 1.807) is 36.4 Å². The van der Waals surface area contributed by atoms with E-state index in [1.807, 2.05) is 38.1 Å². The highest BCUT2D eigenvalue weighted by atomic mass is 35.5. The number of carbonyl (C=O) groups excluding carboxylic acids is 1. The number of aromatic nitrogens is 1. The first-order valence-corrected chi connectivity index (χ1v) is 9.53. The number of hydrogen-bond acceptors (Lipinski definition) is 4. The van der Waals surface area contributed by atoms with E-state index in [2.05, 4.69) is 10.3 Å². The Balaban J connectivity index is 1.46. The van der Waals surface area contributed by atoms with Gasteiger partial charge in [-0.15, -0.1) is 0 Å². The number of carbonyl (C=O) groups is 1. The number of nitrogens with zero attached hydrogens (tertiary/aromatic N) is 1. The molecule has 4 aromatic rings. The molecule has 0 aliphatic carbocycles. The van der Waals surface area contributed by atoms with Crippen molar-refractivity contribution in [2.75, 3.05) is 11.9 Å². The second-order valence-corrected chi connectivity index (χ2v) is 7.17. The maximum atomic E-state index is 12.2. The number of oxazole rings is 1. The van der Waals surface area contributed by atoms with Gasteiger partial charge in [-0.1, -0.05) is 29.8 Å². The Bertz CT molecular complexity index is 1200. The molecule has 1 aromatic heterocycles. The quantitative estimate of drug-likeness (QED) is 0.456. The van der Waals surface area contributed by atoms with E-state index >= 15 is 0 Å². The van der Waals surface area contributed by atoms with E-state index < -0.39 is 0 Å². The monoisotopic (exact) mass is 406 g/mol. The maximum Gasteiger partial charge on any atom is 0.262 e. The van der Waals surface area contributed by atoms with Crippen molar-refractivity contribution in [3.63, 3.8) is 0 Å². The van der Waals surface area contributed by atoms with E-state index in [4.69, 9.17) is 20.8 Å². The molecule has 3 aromatic carbocycles. The third-order valence-corrected chi connectivity index (χ3v) is 4.97. The highest BCUT2D eigenvalue weighted by Crippen LogP contribution is 2.28. The highest BCUT2D eigenvalue weighted by Gasteiger charge is 2.12. The van der Waals surface area contributed by atoms with Gasteiger partial charge in [0.2, 0.25) is 5.89 Å². The predicted octanol–water partition coefficient (Wildman–Crippen LogP) is 5.78. The first-order chi connectivity index (χ1) is 14.0. The average Bonchev–Trinajstić information content (AvgIpc) is 3.12. The first-order valence-electron chi connectivity index (χ1n) is 9.15. The van der Waals surface area contributed by atoms with Crippen molar-refractivity contribution in [1.82, 2.24) is 4.98 Å². The van der Waals surface area contributed by atoms with E-state index in [0.29, 0.717) is 33.4 Å². The van der Waals surface area contributed by atoms with Crippen molar-refractivity contribution in [2.45, 2.75) is 13.8 Å². The molecule has 0 spiro atoms. The molecule has 5 nitrogen and oxygen atoms in total. The van der Waals surface area contributed by atoms with Crippen molar-refractivity contribution in [1.29, 1.82) is 0 Å². The molecule has 146 valence electrons. The topological polar surface area (TPSA) is 64.4 Å². The fourth-order valence-corrected chi connectivity index (χ4v) is 3.10. The van der Waals surface area contributed by atoms with Crippen LogP contribution in [0.1, 0.15) is 11.1 Å². The van der Waals surface area contributed by atoms with Crippen molar-refractivity contribution in [2.24, 2.45) is 0 Å². The first kappa shape index (κ1) is 19.0. The minimum Gasteiger partial charge on any atom is -0.484 e. The van der Waals surface area contributed by atoms with Crippen LogP contribution in [-0.2, 0) is 4.79 Å². The van der Waals surface area contributed by atoms with Gasteiger partial charge in [-0.3, -0.25) is 4.79 Å². The number of amides is 1. The Labute approximate surface area is 173 Å². The Kier molecular flexibility index (Phi) is 5.23. The highest BCUT2D eigenvalue weighted by molar-refractivity contribution is 6.31. The third kappa shape index (κ3) is 4.25. The fourth-order valence-electron chi connectivity index (χ4n) is 2.99. The summed E-state index contributed by atoms with van der Waals surface area (Å²) in [6.45, 7) is 3.79. The van der Waals surface area contributed by atoms with E-state index in [0.717, 1.165) is 16.7 Å². The van der Waals surface area contributed by atoms with Crippen LogP contribution in [-0.4, -0.2) is 17.5 Å². The molecule has 1 amide bonds. The fraction of sp³-hybridized carbons (Fsp3) is 0.130. The lowest BCUT2D eigenvalue weighted by atomic mass is 10.1. The van der Waals surface area contributed by atoms with Gasteiger partial charge < -0.3 is 14.5 Å². The van der Waals surface area contributed by atoms with Crippen molar-refractivity contribution < 1.29 is 13.9 Å². The standard InChI is InChI=1S/C23H19ClN2O3/c1-14-5-3-4-6-18(14)23-26-20-12-16(7-10-21(20)29-23)25-22(27)13-28-17-8-9-19(24)15(2)11-17/h3-12H,13H2,1-2H3,(H,25,27). The van der Waals surface area contributed by atoms with Crippen LogP contribution in [0, 0.1) is 13.8 Å². The molecule has 0 atom stereocenters. The second-order valence-electron chi connectivity index (χ2n) is 6.76. The summed E-state index contributed by atoms with van der Waals surface area (Å²) in [6.07, 6.45) is 0. The van der Waals surface area contributed by atoms with Gasteiger partial charge in [0.25, 0.3) is 5.91 Å². The normalized spacial score (nSPS) is 10.9. The zero-order valence-electron chi connectivity index (χ0n) is 16.0. The number of ether oxygens (including phenoxy) is 1. The van der Waals surface area contributed by atoms with Crippen LogP contribution < -0.4 is 10.1 Å². The smallest absolute Gasteiger partial charge is 0.262 e. The van der Waals surface area contributed by atoms with Gasteiger partial charge in [0.05, 0.1) is 0 Å². The molecule has 29 heavy (non-hydrogen) atoms. The summed E-state index contributed by atoms with van der Waals surface area (Å²) in [5.74, 6) is 0.888. The zero-order chi connectivity index (χ0) is 20.4. The number of nitrogens with one attached hydrogen (secondary N) is 1. The zero-order valence-corrected chi connectivity index (χ0v) is 16.8. The Morgan fingerprint density at radius 2 is 1.90 bits per heavy atom. The van der Waals surface area contributed by atoms with Gasteiger partial charge in [0.1, 0.15) is 11.3 Å². The lowest BCUT2D eigenvalue weighted by Crippen LogP contribution is -2.20. The predicted molar refractivity (Wildman–Crippen MR) is 114 cm³/mol. The van der Waals surface area contributed by atoms with Crippen LogP contribution in [0.25, 0.3) is 22.6 Å². The van der Waals surface area contributed by atoms with Gasteiger partial charge >= 0.3 is 0 Å². The van der Waals surface area contributed by atoms with Crippen molar-refractivity contribution >= 4 is 34.3 Å². The molecule has 4 rings (SSSR count). The lowest BCUT2D eigenvalue weighted by molar-refractivity contribution is -0.118.